The quantitative estimate of drug-likeness (QED) is 0.156. The SMILES string of the molecule is CN(C)CCOc1cc(F)cc(-c2nccc3[nH]c(-c4n[nH]c5ccc(-c6cncc(NC(=O)C7CCCCC7)c6)cc45)cc23)c1. The van der Waals surface area contributed by atoms with Crippen LogP contribution >= 0.6 is 0 Å². The van der Waals surface area contributed by atoms with E-state index < -0.39 is 0 Å². The van der Waals surface area contributed by atoms with E-state index >= 15 is 0 Å². The van der Waals surface area contributed by atoms with Gasteiger partial charge in [0.25, 0.3) is 0 Å². The van der Waals surface area contributed by atoms with Gasteiger partial charge in [-0.2, -0.15) is 5.10 Å². The molecule has 0 spiro atoms. The third-order valence-corrected chi connectivity index (χ3v) is 8.63. The smallest absolute Gasteiger partial charge is 0.227 e. The number of pyridine rings is 2. The Morgan fingerprint density at radius 2 is 1.78 bits per heavy atom. The minimum absolute atomic E-state index is 0.0682. The van der Waals surface area contributed by atoms with Crippen molar-refractivity contribution in [1.29, 1.82) is 0 Å². The van der Waals surface area contributed by atoms with Gasteiger partial charge in [0.05, 0.1) is 28.8 Å². The molecule has 0 aliphatic heterocycles. The number of carbonyl (C=O) groups is 1. The fourth-order valence-electron chi connectivity index (χ4n) is 6.21. The molecule has 0 atom stereocenters. The average Bonchev–Trinajstić information content (AvgIpc) is 3.69. The number of rotatable bonds is 9. The molecular formula is C36H36FN7O2. The summed E-state index contributed by atoms with van der Waals surface area (Å²) in [5.41, 5.74) is 7.12. The lowest BCUT2D eigenvalue weighted by molar-refractivity contribution is -0.120. The highest BCUT2D eigenvalue weighted by atomic mass is 19.1. The number of fused-ring (bicyclic) bond motifs is 2. The summed E-state index contributed by atoms with van der Waals surface area (Å²) in [6.07, 6.45) is 10.5. The number of anilines is 1. The number of aromatic nitrogens is 5. The maximum absolute atomic E-state index is 14.7. The largest absolute Gasteiger partial charge is 0.492 e. The average molecular weight is 618 g/mol. The molecule has 9 nitrogen and oxygen atoms in total. The predicted octanol–water partition coefficient (Wildman–Crippen LogP) is 7.43. The van der Waals surface area contributed by atoms with Gasteiger partial charge in [0, 0.05) is 58.3 Å². The Labute approximate surface area is 266 Å². The van der Waals surface area contributed by atoms with Crippen molar-refractivity contribution < 1.29 is 13.9 Å². The van der Waals surface area contributed by atoms with E-state index in [1.807, 2.05) is 55.4 Å². The van der Waals surface area contributed by atoms with Crippen molar-refractivity contribution in [1.82, 2.24) is 30.0 Å². The molecular weight excluding hydrogens is 581 g/mol. The number of halogens is 1. The Morgan fingerprint density at radius 3 is 2.63 bits per heavy atom. The first-order valence-corrected chi connectivity index (χ1v) is 15.7. The van der Waals surface area contributed by atoms with Gasteiger partial charge >= 0.3 is 0 Å². The number of H-pyrrole nitrogens is 2. The zero-order chi connectivity index (χ0) is 31.6. The summed E-state index contributed by atoms with van der Waals surface area (Å²) in [5.74, 6) is 0.220. The van der Waals surface area contributed by atoms with Gasteiger partial charge in [-0.1, -0.05) is 25.3 Å². The molecule has 4 heterocycles. The fourth-order valence-corrected chi connectivity index (χ4v) is 6.21. The first-order chi connectivity index (χ1) is 22.4. The number of aromatic amines is 2. The molecule has 3 N–H and O–H groups in total. The molecule has 46 heavy (non-hydrogen) atoms. The van der Waals surface area contributed by atoms with Crippen LogP contribution < -0.4 is 10.1 Å². The Hall–Kier alpha value is -5.09. The van der Waals surface area contributed by atoms with Gasteiger partial charge in [0.1, 0.15) is 23.9 Å². The normalized spacial score (nSPS) is 13.9. The number of nitrogens with zero attached hydrogens (tertiary/aromatic N) is 4. The third-order valence-electron chi connectivity index (χ3n) is 8.63. The van der Waals surface area contributed by atoms with Crippen LogP contribution in [0.4, 0.5) is 10.1 Å². The minimum atomic E-state index is -0.384. The first-order valence-electron chi connectivity index (χ1n) is 15.7. The van der Waals surface area contributed by atoms with E-state index in [2.05, 4.69) is 36.5 Å². The molecule has 0 radical (unpaired) electrons. The predicted molar refractivity (Wildman–Crippen MR) is 179 cm³/mol. The molecule has 10 heteroatoms. The summed E-state index contributed by atoms with van der Waals surface area (Å²) in [6.45, 7) is 1.17. The monoisotopic (exact) mass is 617 g/mol. The summed E-state index contributed by atoms with van der Waals surface area (Å²) in [5, 5.41) is 12.7. The highest BCUT2D eigenvalue weighted by molar-refractivity contribution is 6.01. The Kier molecular flexibility index (Phi) is 8.19. The molecule has 0 saturated heterocycles. The fraction of sp³-hybridized carbons (Fsp3) is 0.278. The summed E-state index contributed by atoms with van der Waals surface area (Å²) >= 11 is 0. The lowest BCUT2D eigenvalue weighted by Gasteiger charge is -2.20. The van der Waals surface area contributed by atoms with Crippen LogP contribution in [0.25, 0.3) is 55.6 Å². The van der Waals surface area contributed by atoms with Gasteiger partial charge in [-0.05, 0) is 75.0 Å². The second kappa shape index (κ2) is 12.7. The van der Waals surface area contributed by atoms with Crippen molar-refractivity contribution in [3.8, 4) is 39.5 Å². The number of hydrogen-bond donors (Lipinski definition) is 3. The topological polar surface area (TPSA) is 112 Å². The van der Waals surface area contributed by atoms with Crippen LogP contribution in [0.2, 0.25) is 0 Å². The van der Waals surface area contributed by atoms with Crippen LogP contribution in [0.1, 0.15) is 32.1 Å². The van der Waals surface area contributed by atoms with Gasteiger partial charge in [-0.3, -0.25) is 19.9 Å². The number of hydrogen-bond acceptors (Lipinski definition) is 6. The Morgan fingerprint density at radius 1 is 0.935 bits per heavy atom. The van der Waals surface area contributed by atoms with Crippen LogP contribution in [0, 0.1) is 11.7 Å². The highest BCUT2D eigenvalue weighted by Gasteiger charge is 2.21. The maximum Gasteiger partial charge on any atom is 0.227 e. The molecule has 2 aromatic carbocycles. The van der Waals surface area contributed by atoms with E-state index in [1.54, 1.807) is 18.6 Å². The number of benzene rings is 2. The van der Waals surface area contributed by atoms with Crippen molar-refractivity contribution in [3.05, 3.63) is 79.0 Å². The van der Waals surface area contributed by atoms with Crippen LogP contribution in [-0.2, 0) is 4.79 Å². The van der Waals surface area contributed by atoms with Crippen molar-refractivity contribution in [2.45, 2.75) is 32.1 Å². The zero-order valence-corrected chi connectivity index (χ0v) is 25.9. The Balaban J connectivity index is 1.19. The van der Waals surface area contributed by atoms with Gasteiger partial charge < -0.3 is 19.9 Å². The molecule has 1 aliphatic rings. The molecule has 234 valence electrons. The minimum Gasteiger partial charge on any atom is -0.492 e. The lowest BCUT2D eigenvalue weighted by atomic mass is 9.88. The van der Waals surface area contributed by atoms with Crippen LogP contribution in [0.15, 0.2) is 73.2 Å². The van der Waals surface area contributed by atoms with Crippen molar-refractivity contribution in [2.24, 2.45) is 5.92 Å². The van der Waals surface area contributed by atoms with Crippen molar-refractivity contribution >= 4 is 33.4 Å². The standard InChI is InChI=1S/C36H36FN7O2/c1-44(2)12-13-46-28-16-24(14-26(37)18-28)34-30-19-33(41-31(30)10-11-39-34)35-29-17-23(8-9-32(29)42-43-35)25-15-27(21-38-20-25)40-36(45)22-6-4-3-5-7-22/h8-11,14-22,41H,3-7,12-13H2,1-2H3,(H,40,45)(H,42,43). The van der Waals surface area contributed by atoms with E-state index in [0.717, 1.165) is 76.5 Å². The molecule has 7 rings (SSSR count). The molecule has 0 unspecified atom stereocenters. The lowest BCUT2D eigenvalue weighted by Crippen LogP contribution is -2.24. The second-order valence-corrected chi connectivity index (χ2v) is 12.3. The van der Waals surface area contributed by atoms with E-state index in [4.69, 9.17) is 4.74 Å². The summed E-state index contributed by atoms with van der Waals surface area (Å²) in [6, 6.07) is 16.6. The molecule has 4 aromatic heterocycles. The summed E-state index contributed by atoms with van der Waals surface area (Å²) < 4.78 is 20.5. The number of carbonyl (C=O) groups excluding carboxylic acids is 1. The number of nitrogens with one attached hydrogen (secondary N) is 3. The van der Waals surface area contributed by atoms with Crippen LogP contribution in [-0.4, -0.2) is 63.2 Å². The number of likely N-dealkylation sites (N-methyl/N-ethyl adjacent to an activating group) is 1. The summed E-state index contributed by atoms with van der Waals surface area (Å²) in [7, 11) is 3.93. The van der Waals surface area contributed by atoms with Gasteiger partial charge in [-0.25, -0.2) is 4.39 Å². The van der Waals surface area contributed by atoms with E-state index in [0.29, 0.717) is 29.3 Å². The van der Waals surface area contributed by atoms with Crippen molar-refractivity contribution in [3.63, 3.8) is 0 Å². The molecule has 1 fully saturated rings. The highest BCUT2D eigenvalue weighted by Crippen LogP contribution is 2.36. The Bertz CT molecular complexity index is 2030. The van der Waals surface area contributed by atoms with Crippen LogP contribution in [0.5, 0.6) is 5.75 Å². The van der Waals surface area contributed by atoms with Gasteiger partial charge in [-0.15, -0.1) is 0 Å². The molecule has 0 bridgehead atoms. The van der Waals surface area contributed by atoms with E-state index in [9.17, 15) is 9.18 Å². The van der Waals surface area contributed by atoms with Gasteiger partial charge in [0.2, 0.25) is 5.91 Å². The molecule has 1 saturated carbocycles. The van der Waals surface area contributed by atoms with Crippen molar-refractivity contribution in [2.75, 3.05) is 32.6 Å². The summed E-state index contributed by atoms with van der Waals surface area (Å²) in [4.78, 5) is 27.4. The second-order valence-electron chi connectivity index (χ2n) is 12.3. The van der Waals surface area contributed by atoms with E-state index in [-0.39, 0.29) is 17.6 Å². The first kappa shape index (κ1) is 29.6. The van der Waals surface area contributed by atoms with Gasteiger partial charge in [0.15, 0.2) is 0 Å². The molecule has 1 amide bonds. The van der Waals surface area contributed by atoms with Crippen LogP contribution in [0.3, 0.4) is 0 Å². The molecule has 1 aliphatic carbocycles. The molecule has 6 aromatic rings. The van der Waals surface area contributed by atoms with E-state index in [1.165, 1.54) is 18.6 Å². The number of ether oxygens (including phenoxy) is 1. The third kappa shape index (κ3) is 6.21. The zero-order valence-electron chi connectivity index (χ0n) is 25.9. The maximum atomic E-state index is 14.7. The number of amides is 1.